The molecule has 0 aromatic heterocycles. The number of hydrogen-bond donors (Lipinski definition) is 2. The first-order valence-corrected chi connectivity index (χ1v) is 8.79. The number of nitro groups is 1. The van der Waals surface area contributed by atoms with Gasteiger partial charge in [-0.3, -0.25) is 19.7 Å². The number of carbonyl (C=O) groups excluding carboxylic acids is 3. The Morgan fingerprint density at radius 1 is 1.26 bits per heavy atom. The minimum atomic E-state index is -0.673. The van der Waals surface area contributed by atoms with E-state index in [4.69, 9.17) is 10.1 Å². The average Bonchev–Trinajstić information content (AvgIpc) is 3.42. The van der Waals surface area contributed by atoms with Crippen LogP contribution >= 0.6 is 0 Å². The molecule has 0 spiro atoms. The topological polar surface area (TPSA) is 118 Å². The van der Waals surface area contributed by atoms with Crippen molar-refractivity contribution in [2.75, 3.05) is 14.1 Å². The third-order valence-corrected chi connectivity index (χ3v) is 4.07. The summed E-state index contributed by atoms with van der Waals surface area (Å²) in [7, 11) is 2.41. The number of hydrogen-bond acceptors (Lipinski definition) is 5. The second kappa shape index (κ2) is 12.6. The highest BCUT2D eigenvalue weighted by Gasteiger charge is 2.52. The monoisotopic (exact) mass is 379 g/mol. The molecule has 1 aliphatic carbocycles. The van der Waals surface area contributed by atoms with Crippen molar-refractivity contribution < 1.29 is 19.3 Å². The predicted octanol–water partition coefficient (Wildman–Crippen LogP) is 1.95. The molecular formula is C19H29N3O5. The van der Waals surface area contributed by atoms with Crippen molar-refractivity contribution in [3.63, 3.8) is 0 Å². The Bertz CT molecular complexity index is 615. The smallest absolute Gasteiger partial charge is 0.242 e. The lowest BCUT2D eigenvalue weighted by Gasteiger charge is -2.22. The van der Waals surface area contributed by atoms with Gasteiger partial charge in [-0.05, 0) is 38.7 Å². The fraction of sp³-hybridized carbons (Fsp3) is 0.526. The van der Waals surface area contributed by atoms with Gasteiger partial charge in [0.15, 0.2) is 7.05 Å². The summed E-state index contributed by atoms with van der Waals surface area (Å²) in [5.74, 6) is -0.419. The SMILES string of the molecule is C[N+](=O)[O-].C\C=C/C=C\C(=C/C)C1(C(=O)NC(CCC=O)C(=O)NC)CC1. The molecule has 2 N–H and O–H groups in total. The van der Waals surface area contributed by atoms with Crippen LogP contribution in [0, 0.1) is 15.5 Å². The number of likely N-dealkylation sites (N-methyl/N-ethyl adjacent to an activating group) is 1. The first-order valence-electron chi connectivity index (χ1n) is 8.79. The third kappa shape index (κ3) is 8.44. The minimum absolute atomic E-state index is 0.143. The molecule has 1 saturated carbocycles. The number of nitrogens with zero attached hydrogens (tertiary/aromatic N) is 1. The van der Waals surface area contributed by atoms with Crippen LogP contribution in [0.5, 0.6) is 0 Å². The Hall–Kier alpha value is -2.77. The van der Waals surface area contributed by atoms with E-state index in [1.807, 2.05) is 44.2 Å². The highest BCUT2D eigenvalue weighted by atomic mass is 16.6. The van der Waals surface area contributed by atoms with Crippen molar-refractivity contribution in [1.82, 2.24) is 10.6 Å². The minimum Gasteiger partial charge on any atom is -0.357 e. The number of nitrogens with one attached hydrogen (secondary N) is 2. The molecule has 150 valence electrons. The van der Waals surface area contributed by atoms with Crippen molar-refractivity contribution in [1.29, 1.82) is 0 Å². The normalized spacial score (nSPS) is 16.2. The summed E-state index contributed by atoms with van der Waals surface area (Å²) < 4.78 is 0. The molecule has 0 heterocycles. The zero-order valence-electron chi connectivity index (χ0n) is 16.4. The number of allylic oxidation sites excluding steroid dienone is 5. The molecule has 8 nitrogen and oxygen atoms in total. The second-order valence-electron chi connectivity index (χ2n) is 6.04. The molecule has 0 aliphatic heterocycles. The van der Waals surface area contributed by atoms with E-state index >= 15 is 0 Å². The molecule has 0 saturated heterocycles. The zero-order valence-corrected chi connectivity index (χ0v) is 16.4. The molecular weight excluding hydrogens is 350 g/mol. The molecule has 0 bridgehead atoms. The molecule has 2 amide bonds. The van der Waals surface area contributed by atoms with Crippen LogP contribution in [0.4, 0.5) is 0 Å². The number of rotatable bonds is 9. The quantitative estimate of drug-likeness (QED) is 0.275. The molecule has 0 aromatic rings. The van der Waals surface area contributed by atoms with Gasteiger partial charge in [-0.25, -0.2) is 0 Å². The molecule has 8 heteroatoms. The van der Waals surface area contributed by atoms with Crippen molar-refractivity contribution in [2.45, 2.75) is 45.6 Å². The highest BCUT2D eigenvalue weighted by molar-refractivity contribution is 5.94. The number of amides is 2. The van der Waals surface area contributed by atoms with E-state index in [9.17, 15) is 14.4 Å². The van der Waals surface area contributed by atoms with Crippen molar-refractivity contribution in [3.05, 3.63) is 46.1 Å². The van der Waals surface area contributed by atoms with Crippen LogP contribution in [0.25, 0.3) is 0 Å². The van der Waals surface area contributed by atoms with E-state index < -0.39 is 16.4 Å². The molecule has 1 unspecified atom stereocenters. The highest BCUT2D eigenvalue weighted by Crippen LogP contribution is 2.52. The van der Waals surface area contributed by atoms with Gasteiger partial charge in [0.2, 0.25) is 11.8 Å². The van der Waals surface area contributed by atoms with Gasteiger partial charge in [-0.2, -0.15) is 0 Å². The molecule has 1 aliphatic rings. The van der Waals surface area contributed by atoms with Crippen LogP contribution in [0.1, 0.15) is 39.5 Å². The van der Waals surface area contributed by atoms with Gasteiger partial charge in [-0.15, -0.1) is 0 Å². The fourth-order valence-corrected chi connectivity index (χ4v) is 2.55. The summed E-state index contributed by atoms with van der Waals surface area (Å²) in [6.07, 6.45) is 12.5. The van der Waals surface area contributed by atoms with Gasteiger partial charge >= 0.3 is 0 Å². The van der Waals surface area contributed by atoms with Gasteiger partial charge in [0, 0.05) is 18.4 Å². The van der Waals surface area contributed by atoms with Crippen molar-refractivity contribution in [2.24, 2.45) is 5.41 Å². The molecule has 0 aromatic carbocycles. The van der Waals surface area contributed by atoms with Gasteiger partial charge in [0.05, 0.1) is 5.41 Å². The van der Waals surface area contributed by atoms with E-state index in [1.54, 1.807) is 0 Å². The summed E-state index contributed by atoms with van der Waals surface area (Å²) in [6, 6.07) is -0.673. The number of carbonyl (C=O) groups is 3. The molecule has 1 fully saturated rings. The molecule has 0 radical (unpaired) electrons. The lowest BCUT2D eigenvalue weighted by molar-refractivity contribution is -0.445. The maximum absolute atomic E-state index is 12.7. The van der Waals surface area contributed by atoms with Crippen LogP contribution in [0.2, 0.25) is 0 Å². The second-order valence-corrected chi connectivity index (χ2v) is 6.04. The lowest BCUT2D eigenvalue weighted by Crippen LogP contribution is -2.48. The van der Waals surface area contributed by atoms with Gasteiger partial charge < -0.3 is 15.4 Å². The molecule has 1 rings (SSSR count). The van der Waals surface area contributed by atoms with E-state index in [1.165, 1.54) is 7.05 Å². The largest absolute Gasteiger partial charge is 0.357 e. The van der Waals surface area contributed by atoms with Gasteiger partial charge in [-0.1, -0.05) is 30.4 Å². The van der Waals surface area contributed by atoms with E-state index in [-0.39, 0.29) is 18.2 Å². The van der Waals surface area contributed by atoms with Crippen LogP contribution < -0.4 is 10.6 Å². The molecule has 27 heavy (non-hydrogen) atoms. The van der Waals surface area contributed by atoms with Gasteiger partial charge in [0.1, 0.15) is 12.3 Å². The van der Waals surface area contributed by atoms with Crippen LogP contribution in [-0.2, 0) is 14.4 Å². The Morgan fingerprint density at radius 2 is 1.85 bits per heavy atom. The van der Waals surface area contributed by atoms with Crippen LogP contribution in [-0.4, -0.2) is 43.2 Å². The Labute approximate surface area is 159 Å². The summed E-state index contributed by atoms with van der Waals surface area (Å²) in [4.78, 5) is 43.4. The first-order chi connectivity index (χ1) is 12.8. The Morgan fingerprint density at radius 3 is 2.26 bits per heavy atom. The van der Waals surface area contributed by atoms with E-state index in [0.29, 0.717) is 6.42 Å². The molecule has 1 atom stereocenters. The summed E-state index contributed by atoms with van der Waals surface area (Å²) in [6.45, 7) is 3.84. The summed E-state index contributed by atoms with van der Waals surface area (Å²) in [5.41, 5.74) is 0.416. The van der Waals surface area contributed by atoms with Crippen molar-refractivity contribution >= 4 is 18.1 Å². The van der Waals surface area contributed by atoms with Crippen molar-refractivity contribution in [3.8, 4) is 0 Å². The maximum atomic E-state index is 12.7. The van der Waals surface area contributed by atoms with Crippen LogP contribution in [0.3, 0.4) is 0 Å². The third-order valence-electron chi connectivity index (χ3n) is 4.07. The maximum Gasteiger partial charge on any atom is 0.242 e. The predicted molar refractivity (Wildman–Crippen MR) is 104 cm³/mol. The van der Waals surface area contributed by atoms with E-state index in [0.717, 1.165) is 31.7 Å². The Kier molecular flexibility index (Phi) is 11.3. The standard InChI is InChI=1S/C18H26N2O3.CH3NO2/c1-4-6-7-9-14(5-2)18(11-12-18)17(23)20-15(10-8-13-21)16(22)19-3;1-2(3)4/h4-7,9,13,15H,8,10-12H2,1-3H3,(H,19,22)(H,20,23);1H3/b6-4-,9-7-,14-5+;. The Balaban J connectivity index is 0.00000153. The van der Waals surface area contributed by atoms with E-state index in [2.05, 4.69) is 10.6 Å². The first kappa shape index (κ1) is 24.2. The fourth-order valence-electron chi connectivity index (χ4n) is 2.55. The summed E-state index contributed by atoms with van der Waals surface area (Å²) in [5, 5.41) is 14.1. The van der Waals surface area contributed by atoms with Crippen LogP contribution in [0.15, 0.2) is 36.0 Å². The summed E-state index contributed by atoms with van der Waals surface area (Å²) >= 11 is 0. The van der Waals surface area contributed by atoms with Gasteiger partial charge in [0.25, 0.3) is 0 Å². The number of aldehydes is 1. The average molecular weight is 379 g/mol. The lowest BCUT2D eigenvalue weighted by atomic mass is 9.93. The zero-order chi connectivity index (χ0) is 20.9.